The Labute approximate surface area is 123 Å². The molecule has 1 heterocycles. The molecule has 1 aromatic carbocycles. The van der Waals surface area contributed by atoms with Gasteiger partial charge in [0.25, 0.3) is 5.91 Å². The van der Waals surface area contributed by atoms with Gasteiger partial charge in [-0.05, 0) is 17.2 Å². The van der Waals surface area contributed by atoms with Crippen molar-refractivity contribution in [1.29, 1.82) is 0 Å². The van der Waals surface area contributed by atoms with Gasteiger partial charge < -0.3 is 9.73 Å². The van der Waals surface area contributed by atoms with Gasteiger partial charge in [-0.25, -0.2) is 0 Å². The van der Waals surface area contributed by atoms with E-state index in [0.717, 1.165) is 22.5 Å². The van der Waals surface area contributed by atoms with Gasteiger partial charge in [-0.1, -0.05) is 40.2 Å². The first-order valence-corrected chi connectivity index (χ1v) is 6.88. The minimum atomic E-state index is -0.685. The molecule has 0 aliphatic carbocycles. The van der Waals surface area contributed by atoms with E-state index in [-0.39, 0.29) is 5.76 Å². The molecule has 0 aliphatic heterocycles. The number of nitrogens with one attached hydrogen (secondary N) is 1. The summed E-state index contributed by atoms with van der Waals surface area (Å²) in [5.74, 6) is -1.01. The zero-order valence-corrected chi connectivity index (χ0v) is 11.9. The van der Waals surface area contributed by atoms with Gasteiger partial charge in [-0.2, -0.15) is 0 Å². The Hall–Kier alpha value is -2.15. The molecule has 0 atom stereocenters. The fourth-order valence-corrected chi connectivity index (χ4v) is 1.94. The van der Waals surface area contributed by atoms with Crippen molar-refractivity contribution in [2.75, 3.05) is 0 Å². The minimum absolute atomic E-state index is 0.0752. The first-order chi connectivity index (χ1) is 9.60. The smallest absolute Gasteiger partial charge is 0.395 e. The highest BCUT2D eigenvalue weighted by atomic mass is 79.9. The number of rotatable bonds is 5. The maximum absolute atomic E-state index is 11.7. The lowest BCUT2D eigenvalue weighted by atomic mass is 10.1. The molecule has 1 N–H and O–H groups in total. The van der Waals surface area contributed by atoms with Crippen LogP contribution in [0, 0.1) is 10.1 Å². The number of nitro groups is 1. The van der Waals surface area contributed by atoms with Crippen LogP contribution in [-0.4, -0.2) is 10.8 Å². The van der Waals surface area contributed by atoms with Crippen LogP contribution in [0.1, 0.15) is 21.7 Å². The molecule has 2 aromatic rings. The molecule has 1 amide bonds. The molecule has 2 rings (SSSR count). The van der Waals surface area contributed by atoms with E-state index in [9.17, 15) is 14.9 Å². The van der Waals surface area contributed by atoms with Crippen LogP contribution >= 0.6 is 15.9 Å². The molecule has 0 fully saturated rings. The fourth-order valence-electron chi connectivity index (χ4n) is 1.56. The first-order valence-electron chi connectivity index (χ1n) is 5.76. The second kappa shape index (κ2) is 6.33. The quantitative estimate of drug-likeness (QED) is 0.515. The lowest BCUT2D eigenvalue weighted by molar-refractivity contribution is -0.402. The number of halogens is 1. The number of hydrogen-bond donors (Lipinski definition) is 1. The van der Waals surface area contributed by atoms with Gasteiger partial charge in [0, 0.05) is 11.9 Å². The summed E-state index contributed by atoms with van der Waals surface area (Å²) >= 11 is 3.35. The van der Waals surface area contributed by atoms with Crippen LogP contribution in [0.2, 0.25) is 0 Å². The van der Waals surface area contributed by atoms with E-state index in [4.69, 9.17) is 4.42 Å². The summed E-state index contributed by atoms with van der Waals surface area (Å²) in [7, 11) is 0. The van der Waals surface area contributed by atoms with Crippen LogP contribution in [0.3, 0.4) is 0 Å². The van der Waals surface area contributed by atoms with Crippen LogP contribution in [0.5, 0.6) is 0 Å². The summed E-state index contributed by atoms with van der Waals surface area (Å²) in [4.78, 5) is 21.5. The van der Waals surface area contributed by atoms with E-state index in [1.807, 2.05) is 24.3 Å². The van der Waals surface area contributed by atoms with Crippen molar-refractivity contribution in [3.63, 3.8) is 0 Å². The number of nitrogens with zero attached hydrogens (tertiary/aromatic N) is 1. The zero-order chi connectivity index (χ0) is 14.5. The molecule has 1 aromatic heterocycles. The molecule has 7 heteroatoms. The number of amides is 1. The van der Waals surface area contributed by atoms with Crippen LogP contribution < -0.4 is 5.32 Å². The lowest BCUT2D eigenvalue weighted by Crippen LogP contribution is -2.22. The fraction of sp³-hybridized carbons (Fsp3) is 0.154. The summed E-state index contributed by atoms with van der Waals surface area (Å²) in [6, 6.07) is 10.1. The highest BCUT2D eigenvalue weighted by Crippen LogP contribution is 2.15. The average Bonchev–Trinajstić information content (AvgIpc) is 2.95. The predicted molar refractivity (Wildman–Crippen MR) is 75.6 cm³/mol. The second-order valence-corrected chi connectivity index (χ2v) is 4.59. The maximum Gasteiger partial charge on any atom is 0.433 e. The van der Waals surface area contributed by atoms with E-state index in [2.05, 4.69) is 21.2 Å². The topological polar surface area (TPSA) is 85.4 Å². The Kier molecular flexibility index (Phi) is 4.52. The SMILES string of the molecule is O=C(NCc1ccc(CBr)cc1)c1ccc([N+](=O)[O-])o1. The molecule has 20 heavy (non-hydrogen) atoms. The molecular weight excluding hydrogens is 328 g/mol. The van der Waals surface area contributed by atoms with Crippen LogP contribution in [0.25, 0.3) is 0 Å². The van der Waals surface area contributed by atoms with Gasteiger partial charge in [-0.15, -0.1) is 0 Å². The minimum Gasteiger partial charge on any atom is -0.395 e. The monoisotopic (exact) mass is 338 g/mol. The Morgan fingerprint density at radius 3 is 2.40 bits per heavy atom. The molecule has 0 aliphatic rings. The Morgan fingerprint density at radius 1 is 1.20 bits per heavy atom. The van der Waals surface area contributed by atoms with Gasteiger partial charge in [0.1, 0.15) is 4.92 Å². The number of alkyl halides is 1. The Bertz CT molecular complexity index is 622. The number of benzene rings is 1. The lowest BCUT2D eigenvalue weighted by Gasteiger charge is -2.04. The van der Waals surface area contributed by atoms with Gasteiger partial charge in [0.15, 0.2) is 5.76 Å². The molecule has 0 bridgehead atoms. The molecule has 0 saturated heterocycles. The van der Waals surface area contributed by atoms with Crippen molar-refractivity contribution in [2.24, 2.45) is 0 Å². The third-order valence-electron chi connectivity index (χ3n) is 2.63. The second-order valence-electron chi connectivity index (χ2n) is 4.03. The van der Waals surface area contributed by atoms with Crippen molar-refractivity contribution in [1.82, 2.24) is 5.32 Å². The highest BCUT2D eigenvalue weighted by molar-refractivity contribution is 9.08. The summed E-state index contributed by atoms with van der Waals surface area (Å²) in [6.07, 6.45) is 0. The van der Waals surface area contributed by atoms with Crippen molar-refractivity contribution < 1.29 is 14.1 Å². The summed E-state index contributed by atoms with van der Waals surface area (Å²) in [6.45, 7) is 0.329. The normalized spacial score (nSPS) is 10.2. The van der Waals surface area contributed by atoms with Crippen molar-refractivity contribution in [2.45, 2.75) is 11.9 Å². The Balaban J connectivity index is 1.95. The third-order valence-corrected chi connectivity index (χ3v) is 3.27. The van der Waals surface area contributed by atoms with E-state index >= 15 is 0 Å². The number of carbonyl (C=O) groups excluding carboxylic acids is 1. The van der Waals surface area contributed by atoms with Crippen LogP contribution in [0.4, 0.5) is 5.88 Å². The molecule has 6 nitrogen and oxygen atoms in total. The molecule has 0 spiro atoms. The van der Waals surface area contributed by atoms with Gasteiger partial charge in [-0.3, -0.25) is 14.9 Å². The number of furan rings is 1. The number of carbonyl (C=O) groups is 1. The first kappa shape index (κ1) is 14.3. The average molecular weight is 339 g/mol. The maximum atomic E-state index is 11.7. The Morgan fingerprint density at radius 2 is 1.85 bits per heavy atom. The largest absolute Gasteiger partial charge is 0.433 e. The molecule has 0 radical (unpaired) electrons. The highest BCUT2D eigenvalue weighted by Gasteiger charge is 2.16. The van der Waals surface area contributed by atoms with Crippen molar-refractivity contribution in [3.8, 4) is 0 Å². The van der Waals surface area contributed by atoms with E-state index in [1.165, 1.54) is 6.07 Å². The van der Waals surface area contributed by atoms with E-state index in [0.29, 0.717) is 6.54 Å². The van der Waals surface area contributed by atoms with E-state index in [1.54, 1.807) is 0 Å². The molecule has 104 valence electrons. The third kappa shape index (κ3) is 3.45. The van der Waals surface area contributed by atoms with E-state index < -0.39 is 16.7 Å². The van der Waals surface area contributed by atoms with Crippen LogP contribution in [-0.2, 0) is 11.9 Å². The summed E-state index contributed by atoms with van der Waals surface area (Å²) in [5, 5.41) is 13.9. The molecule has 0 saturated carbocycles. The number of hydrogen-bond acceptors (Lipinski definition) is 4. The van der Waals surface area contributed by atoms with Crippen molar-refractivity contribution >= 4 is 27.7 Å². The predicted octanol–water partition coefficient (Wildman–Crippen LogP) is 3.01. The summed E-state index contributed by atoms with van der Waals surface area (Å²) in [5.41, 5.74) is 2.07. The zero-order valence-electron chi connectivity index (χ0n) is 10.3. The standard InChI is InChI=1S/C13H11BrN2O4/c14-7-9-1-3-10(4-2-9)8-15-13(17)11-5-6-12(20-11)16(18)19/h1-6H,7-8H2,(H,15,17). The van der Waals surface area contributed by atoms with Gasteiger partial charge >= 0.3 is 5.88 Å². The van der Waals surface area contributed by atoms with Gasteiger partial charge in [0.05, 0.1) is 6.07 Å². The molecular formula is C13H11BrN2O4. The summed E-state index contributed by atoms with van der Waals surface area (Å²) < 4.78 is 4.81. The van der Waals surface area contributed by atoms with Gasteiger partial charge in [0.2, 0.25) is 0 Å². The van der Waals surface area contributed by atoms with Crippen LogP contribution in [0.15, 0.2) is 40.8 Å². The molecule has 0 unspecified atom stereocenters. The van der Waals surface area contributed by atoms with Crippen molar-refractivity contribution in [3.05, 3.63) is 63.4 Å².